The number of rotatable bonds is 4. The van der Waals surface area contributed by atoms with Gasteiger partial charge in [0.2, 0.25) is 0 Å². The molecule has 0 saturated heterocycles. The molecule has 0 atom stereocenters. The van der Waals surface area contributed by atoms with E-state index < -0.39 is 0 Å². The van der Waals surface area contributed by atoms with Gasteiger partial charge in [-0.2, -0.15) is 0 Å². The Kier molecular flexibility index (Phi) is 4.50. The summed E-state index contributed by atoms with van der Waals surface area (Å²) in [6, 6.07) is 30.0. The first kappa shape index (κ1) is 14.3. The van der Waals surface area contributed by atoms with Crippen LogP contribution in [0.4, 0.5) is 0 Å². The van der Waals surface area contributed by atoms with Crippen LogP contribution in [0, 0.1) is 6.92 Å². The average molecular weight is 284 g/mol. The highest BCUT2D eigenvalue weighted by Crippen LogP contribution is 2.24. The topological polar surface area (TPSA) is 0 Å². The van der Waals surface area contributed by atoms with E-state index in [4.69, 9.17) is 0 Å². The lowest BCUT2D eigenvalue weighted by Crippen LogP contribution is -1.90. The molecule has 3 aromatic rings. The van der Waals surface area contributed by atoms with Crippen LogP contribution in [-0.2, 0) is 6.42 Å². The Bertz CT molecular complexity index is 735. The van der Waals surface area contributed by atoms with Crippen LogP contribution in [-0.4, -0.2) is 0 Å². The van der Waals surface area contributed by atoms with Crippen LogP contribution in [0.15, 0.2) is 91.0 Å². The third-order valence-corrected chi connectivity index (χ3v) is 3.83. The molecule has 108 valence electrons. The maximum atomic E-state index is 2.33. The molecule has 0 nitrogen and oxygen atoms in total. The second-order valence-electron chi connectivity index (χ2n) is 5.54. The van der Waals surface area contributed by atoms with E-state index in [0.717, 1.165) is 6.42 Å². The number of allylic oxidation sites excluding steroid dienone is 1. The van der Waals surface area contributed by atoms with Crippen molar-refractivity contribution in [2.75, 3.05) is 0 Å². The molecule has 0 N–H and O–H groups in total. The van der Waals surface area contributed by atoms with Crippen LogP contribution in [0.1, 0.15) is 22.3 Å². The predicted octanol–water partition coefficient (Wildman–Crippen LogP) is 5.67. The number of hydrogen-bond acceptors (Lipinski definition) is 0. The molecule has 0 fully saturated rings. The Balaban J connectivity index is 1.98. The Morgan fingerprint density at radius 2 is 1.23 bits per heavy atom. The molecular weight excluding hydrogens is 264 g/mol. The molecule has 0 saturated carbocycles. The van der Waals surface area contributed by atoms with Gasteiger partial charge in [-0.05, 0) is 35.6 Å². The van der Waals surface area contributed by atoms with Crippen molar-refractivity contribution in [2.24, 2.45) is 0 Å². The van der Waals surface area contributed by atoms with E-state index in [1.807, 2.05) is 0 Å². The summed E-state index contributed by atoms with van der Waals surface area (Å²) in [7, 11) is 0. The quantitative estimate of drug-likeness (QED) is 0.579. The zero-order valence-electron chi connectivity index (χ0n) is 12.9. The summed E-state index contributed by atoms with van der Waals surface area (Å²) in [4.78, 5) is 0. The molecule has 22 heavy (non-hydrogen) atoms. The van der Waals surface area contributed by atoms with Gasteiger partial charge in [-0.25, -0.2) is 0 Å². The Labute approximate surface area is 132 Å². The van der Waals surface area contributed by atoms with Crippen LogP contribution in [0.2, 0.25) is 0 Å². The highest BCUT2D eigenvalue weighted by molar-refractivity contribution is 5.80. The van der Waals surface area contributed by atoms with E-state index in [1.165, 1.54) is 27.8 Å². The summed E-state index contributed by atoms with van der Waals surface area (Å²) in [6.07, 6.45) is 3.27. The average Bonchev–Trinajstić information content (AvgIpc) is 2.58. The van der Waals surface area contributed by atoms with Gasteiger partial charge in [-0.15, -0.1) is 0 Å². The molecule has 0 spiro atoms. The highest BCUT2D eigenvalue weighted by Gasteiger charge is 2.04. The molecule has 0 aliphatic heterocycles. The molecule has 0 aromatic heterocycles. The minimum absolute atomic E-state index is 0.943. The van der Waals surface area contributed by atoms with Crippen LogP contribution in [0.5, 0.6) is 0 Å². The molecule has 0 radical (unpaired) electrons. The fraction of sp³-hybridized carbons (Fsp3) is 0.0909. The van der Waals surface area contributed by atoms with Gasteiger partial charge in [-0.3, -0.25) is 0 Å². The van der Waals surface area contributed by atoms with Crippen molar-refractivity contribution in [3.63, 3.8) is 0 Å². The fourth-order valence-electron chi connectivity index (χ4n) is 2.59. The van der Waals surface area contributed by atoms with Crippen LogP contribution < -0.4 is 0 Å². The molecule has 0 heterocycles. The molecule has 0 amide bonds. The fourth-order valence-corrected chi connectivity index (χ4v) is 2.59. The third-order valence-electron chi connectivity index (χ3n) is 3.83. The smallest absolute Gasteiger partial charge is 0.00880 e. The van der Waals surface area contributed by atoms with Gasteiger partial charge in [0, 0.05) is 0 Å². The standard InChI is InChI=1S/C22H20/c1-18-12-15-21(16-13-18)22(20-10-6-3-7-11-20)17-14-19-8-4-2-5-9-19/h2-13,15-17H,14H2,1H3/b22-17-. The van der Waals surface area contributed by atoms with Crippen molar-refractivity contribution < 1.29 is 0 Å². The largest absolute Gasteiger partial charge is 0.0717 e. The van der Waals surface area contributed by atoms with Crippen molar-refractivity contribution in [3.8, 4) is 0 Å². The van der Waals surface area contributed by atoms with Crippen molar-refractivity contribution in [2.45, 2.75) is 13.3 Å². The lowest BCUT2D eigenvalue weighted by molar-refractivity contribution is 1.27. The molecule has 3 rings (SSSR count). The number of benzene rings is 3. The predicted molar refractivity (Wildman–Crippen MR) is 94.8 cm³/mol. The first-order chi connectivity index (χ1) is 10.8. The second-order valence-corrected chi connectivity index (χ2v) is 5.54. The van der Waals surface area contributed by atoms with Crippen molar-refractivity contribution in [1.29, 1.82) is 0 Å². The van der Waals surface area contributed by atoms with E-state index in [1.54, 1.807) is 0 Å². The first-order valence-electron chi connectivity index (χ1n) is 7.69. The van der Waals surface area contributed by atoms with Gasteiger partial charge in [0.25, 0.3) is 0 Å². The lowest BCUT2D eigenvalue weighted by Gasteiger charge is -2.09. The Morgan fingerprint density at radius 1 is 0.682 bits per heavy atom. The zero-order chi connectivity index (χ0) is 15.2. The summed E-state index contributed by atoms with van der Waals surface area (Å²) in [5.41, 5.74) is 6.46. The van der Waals surface area contributed by atoms with Gasteiger partial charge < -0.3 is 0 Å². The van der Waals surface area contributed by atoms with Crippen LogP contribution >= 0.6 is 0 Å². The van der Waals surface area contributed by atoms with Gasteiger partial charge in [-0.1, -0.05) is 96.6 Å². The van der Waals surface area contributed by atoms with Gasteiger partial charge in [0.05, 0.1) is 0 Å². The lowest BCUT2D eigenvalue weighted by atomic mass is 9.95. The van der Waals surface area contributed by atoms with E-state index in [9.17, 15) is 0 Å². The summed E-state index contributed by atoms with van der Waals surface area (Å²) in [6.45, 7) is 2.12. The summed E-state index contributed by atoms with van der Waals surface area (Å²) < 4.78 is 0. The first-order valence-corrected chi connectivity index (χ1v) is 7.69. The van der Waals surface area contributed by atoms with Gasteiger partial charge in [0.15, 0.2) is 0 Å². The van der Waals surface area contributed by atoms with Crippen LogP contribution in [0.3, 0.4) is 0 Å². The molecule has 0 aliphatic carbocycles. The van der Waals surface area contributed by atoms with Crippen LogP contribution in [0.25, 0.3) is 5.57 Å². The van der Waals surface area contributed by atoms with Crippen molar-refractivity contribution >= 4 is 5.57 Å². The SMILES string of the molecule is Cc1ccc(/C(=C\Cc2ccccc2)c2ccccc2)cc1. The molecule has 0 aliphatic rings. The molecule has 0 bridgehead atoms. The van der Waals surface area contributed by atoms with Gasteiger partial charge >= 0.3 is 0 Å². The van der Waals surface area contributed by atoms with E-state index in [-0.39, 0.29) is 0 Å². The highest BCUT2D eigenvalue weighted by atomic mass is 14.1. The molecule has 0 unspecified atom stereocenters. The normalized spacial score (nSPS) is 11.4. The molecular formula is C22H20. The minimum atomic E-state index is 0.943. The van der Waals surface area contributed by atoms with E-state index >= 15 is 0 Å². The minimum Gasteiger partial charge on any atom is -0.0717 e. The number of aryl methyl sites for hydroxylation is 1. The van der Waals surface area contributed by atoms with E-state index in [2.05, 4.69) is 97.9 Å². The second kappa shape index (κ2) is 6.91. The third kappa shape index (κ3) is 3.53. The molecule has 3 aromatic carbocycles. The monoisotopic (exact) mass is 284 g/mol. The van der Waals surface area contributed by atoms with E-state index in [0.29, 0.717) is 0 Å². The summed E-state index contributed by atoms with van der Waals surface area (Å²) in [5, 5.41) is 0. The van der Waals surface area contributed by atoms with Gasteiger partial charge in [0.1, 0.15) is 0 Å². The van der Waals surface area contributed by atoms with Crippen molar-refractivity contribution in [1.82, 2.24) is 0 Å². The van der Waals surface area contributed by atoms with Crippen molar-refractivity contribution in [3.05, 3.63) is 113 Å². The Morgan fingerprint density at radius 3 is 1.86 bits per heavy atom. The summed E-state index contributed by atoms with van der Waals surface area (Å²) in [5.74, 6) is 0. The Hall–Kier alpha value is -2.60. The maximum absolute atomic E-state index is 2.33. The molecule has 0 heteroatoms. The maximum Gasteiger partial charge on any atom is -0.00880 e. The zero-order valence-corrected chi connectivity index (χ0v) is 12.9. The summed E-state index contributed by atoms with van der Waals surface area (Å²) >= 11 is 0. The number of hydrogen-bond donors (Lipinski definition) is 0.